The van der Waals surface area contributed by atoms with E-state index in [0.717, 1.165) is 4.88 Å². The lowest BCUT2D eigenvalue weighted by Gasteiger charge is -1.82. The normalized spacial score (nSPS) is 8.87. The zero-order valence-corrected chi connectivity index (χ0v) is 9.20. The molecule has 1 aromatic carbocycles. The number of carbonyl (C=O) groups excluding carboxylic acids is 1. The number of para-hydroxylation sites is 1. The van der Waals surface area contributed by atoms with Gasteiger partial charge in [-0.05, 0) is 30.5 Å². The first kappa shape index (κ1) is 11.5. The number of ketones is 1. The Morgan fingerprint density at radius 1 is 1.13 bits per heavy atom. The number of hydrogen-bond donors (Lipinski definition) is 1. The number of benzene rings is 1. The van der Waals surface area contributed by atoms with Crippen LogP contribution >= 0.6 is 11.3 Å². The van der Waals surface area contributed by atoms with Gasteiger partial charge in [-0.25, -0.2) is 0 Å². The van der Waals surface area contributed by atoms with Crippen LogP contribution in [0.15, 0.2) is 47.8 Å². The van der Waals surface area contributed by atoms with Gasteiger partial charge in [-0.2, -0.15) is 0 Å². The third-order valence-corrected chi connectivity index (χ3v) is 2.60. The summed E-state index contributed by atoms with van der Waals surface area (Å²) in [5.41, 5.74) is 0. The highest BCUT2D eigenvalue weighted by molar-refractivity contribution is 7.12. The molecular weight excluding hydrogens is 208 g/mol. The molecule has 1 N–H and O–H groups in total. The van der Waals surface area contributed by atoms with Crippen molar-refractivity contribution in [2.75, 3.05) is 0 Å². The monoisotopic (exact) mass is 220 g/mol. The van der Waals surface area contributed by atoms with Crippen molar-refractivity contribution in [2.24, 2.45) is 0 Å². The minimum absolute atomic E-state index is 0.153. The van der Waals surface area contributed by atoms with Crippen LogP contribution < -0.4 is 0 Å². The summed E-state index contributed by atoms with van der Waals surface area (Å²) in [6.45, 7) is 1.58. The molecular formula is C12H12O2S. The Kier molecular flexibility index (Phi) is 4.57. The fourth-order valence-electron chi connectivity index (χ4n) is 0.907. The highest BCUT2D eigenvalue weighted by Crippen LogP contribution is 2.07. The van der Waals surface area contributed by atoms with Crippen LogP contribution in [0.5, 0.6) is 5.75 Å². The molecule has 0 aliphatic carbocycles. The molecule has 2 rings (SSSR count). The van der Waals surface area contributed by atoms with E-state index >= 15 is 0 Å². The molecule has 0 unspecified atom stereocenters. The summed E-state index contributed by atoms with van der Waals surface area (Å²) in [4.78, 5) is 11.4. The molecule has 78 valence electrons. The topological polar surface area (TPSA) is 37.3 Å². The van der Waals surface area contributed by atoms with E-state index in [1.165, 1.54) is 11.3 Å². The summed E-state index contributed by atoms with van der Waals surface area (Å²) < 4.78 is 0. The number of phenolic OH excluding ortho intramolecular Hbond substituents is 1. The van der Waals surface area contributed by atoms with Gasteiger partial charge in [0.15, 0.2) is 5.78 Å². The van der Waals surface area contributed by atoms with Crippen molar-refractivity contribution in [1.82, 2.24) is 0 Å². The van der Waals surface area contributed by atoms with Crippen molar-refractivity contribution in [1.29, 1.82) is 0 Å². The van der Waals surface area contributed by atoms with Crippen molar-refractivity contribution in [3.8, 4) is 5.75 Å². The molecule has 0 saturated heterocycles. The lowest BCUT2D eigenvalue weighted by molar-refractivity contribution is 0.102. The van der Waals surface area contributed by atoms with Gasteiger partial charge in [0, 0.05) is 0 Å². The second-order valence-electron chi connectivity index (χ2n) is 2.87. The lowest BCUT2D eigenvalue weighted by atomic mass is 10.3. The van der Waals surface area contributed by atoms with E-state index in [-0.39, 0.29) is 5.78 Å². The largest absolute Gasteiger partial charge is 0.508 e. The maximum atomic E-state index is 10.5. The Hall–Kier alpha value is -1.61. The molecule has 0 radical (unpaired) electrons. The van der Waals surface area contributed by atoms with Crippen LogP contribution in [0.1, 0.15) is 16.6 Å². The van der Waals surface area contributed by atoms with Gasteiger partial charge in [0.05, 0.1) is 4.88 Å². The molecule has 0 aliphatic heterocycles. The van der Waals surface area contributed by atoms with Crippen LogP contribution in [0.4, 0.5) is 0 Å². The molecule has 2 nitrogen and oxygen atoms in total. The molecule has 0 saturated carbocycles. The number of aromatic hydroxyl groups is 1. The molecule has 0 spiro atoms. The fraction of sp³-hybridized carbons (Fsp3) is 0.0833. The summed E-state index contributed by atoms with van der Waals surface area (Å²) >= 11 is 1.48. The predicted molar refractivity (Wildman–Crippen MR) is 62.4 cm³/mol. The number of hydrogen-bond acceptors (Lipinski definition) is 3. The highest BCUT2D eigenvalue weighted by atomic mass is 32.1. The quantitative estimate of drug-likeness (QED) is 0.748. The summed E-state index contributed by atoms with van der Waals surface area (Å²) in [6, 6.07) is 12.4. The number of carbonyl (C=O) groups is 1. The highest BCUT2D eigenvalue weighted by Gasteiger charge is 1.95. The van der Waals surface area contributed by atoms with E-state index in [2.05, 4.69) is 0 Å². The van der Waals surface area contributed by atoms with Crippen LogP contribution in [-0.2, 0) is 0 Å². The van der Waals surface area contributed by atoms with Crippen molar-refractivity contribution >= 4 is 17.1 Å². The van der Waals surface area contributed by atoms with Gasteiger partial charge in [-0.3, -0.25) is 4.79 Å². The molecule has 1 aromatic heterocycles. The van der Waals surface area contributed by atoms with Crippen molar-refractivity contribution in [3.63, 3.8) is 0 Å². The van der Waals surface area contributed by atoms with Crippen LogP contribution in [-0.4, -0.2) is 10.9 Å². The fourth-order valence-corrected chi connectivity index (χ4v) is 1.53. The molecule has 15 heavy (non-hydrogen) atoms. The van der Waals surface area contributed by atoms with Crippen molar-refractivity contribution in [3.05, 3.63) is 52.7 Å². The van der Waals surface area contributed by atoms with Crippen LogP contribution in [0.25, 0.3) is 0 Å². The molecule has 0 aliphatic rings. The van der Waals surface area contributed by atoms with Gasteiger partial charge >= 0.3 is 0 Å². The van der Waals surface area contributed by atoms with Gasteiger partial charge in [0.1, 0.15) is 5.75 Å². The van der Waals surface area contributed by atoms with Gasteiger partial charge < -0.3 is 5.11 Å². The lowest BCUT2D eigenvalue weighted by Crippen LogP contribution is -1.83. The number of Topliss-reactive ketones (excluding diaryl/α,β-unsaturated/α-hetero) is 1. The van der Waals surface area contributed by atoms with Crippen molar-refractivity contribution in [2.45, 2.75) is 6.92 Å². The Labute approximate surface area is 92.8 Å². The third-order valence-electron chi connectivity index (χ3n) is 1.62. The first-order chi connectivity index (χ1) is 7.20. The smallest absolute Gasteiger partial charge is 0.169 e. The summed E-state index contributed by atoms with van der Waals surface area (Å²) in [5.74, 6) is 0.475. The minimum atomic E-state index is 0.153. The number of rotatable bonds is 1. The van der Waals surface area contributed by atoms with Gasteiger partial charge in [-0.15, -0.1) is 11.3 Å². The standard InChI is InChI=1S/C6H6OS.C6H6O/c1-5(7)6-3-2-4-8-6;7-6-4-2-1-3-5-6/h2-4H,1H3;1-5,7H. The average molecular weight is 220 g/mol. The summed E-state index contributed by atoms with van der Waals surface area (Å²) in [5, 5.41) is 10.5. The van der Waals surface area contributed by atoms with Gasteiger partial charge in [0.25, 0.3) is 0 Å². The molecule has 0 amide bonds. The first-order valence-electron chi connectivity index (χ1n) is 4.48. The van der Waals surface area contributed by atoms with E-state index in [1.807, 2.05) is 23.6 Å². The van der Waals surface area contributed by atoms with Crippen LogP contribution in [0.2, 0.25) is 0 Å². The third kappa shape index (κ3) is 4.42. The Morgan fingerprint density at radius 3 is 2.07 bits per heavy atom. The van der Waals surface area contributed by atoms with E-state index in [0.29, 0.717) is 5.75 Å². The SMILES string of the molecule is CC(=O)c1cccs1.Oc1ccccc1. The Morgan fingerprint density at radius 2 is 1.80 bits per heavy atom. The summed E-state index contributed by atoms with van der Waals surface area (Å²) in [7, 11) is 0. The Bertz CT molecular complexity index is 393. The number of thiophene rings is 1. The predicted octanol–water partition coefficient (Wildman–Crippen LogP) is 3.34. The second-order valence-corrected chi connectivity index (χ2v) is 3.82. The van der Waals surface area contributed by atoms with Crippen molar-refractivity contribution < 1.29 is 9.90 Å². The zero-order valence-electron chi connectivity index (χ0n) is 8.38. The summed E-state index contributed by atoms with van der Waals surface area (Å²) in [6.07, 6.45) is 0. The van der Waals surface area contributed by atoms with E-state index < -0.39 is 0 Å². The Balaban J connectivity index is 0.000000151. The second kappa shape index (κ2) is 5.98. The minimum Gasteiger partial charge on any atom is -0.508 e. The molecule has 1 heterocycles. The molecule has 0 fully saturated rings. The van der Waals surface area contributed by atoms with Gasteiger partial charge in [-0.1, -0.05) is 24.3 Å². The molecule has 0 atom stereocenters. The number of phenols is 1. The molecule has 0 bridgehead atoms. The van der Waals surface area contributed by atoms with Crippen LogP contribution in [0.3, 0.4) is 0 Å². The van der Waals surface area contributed by atoms with E-state index in [9.17, 15) is 4.79 Å². The maximum absolute atomic E-state index is 10.5. The zero-order chi connectivity index (χ0) is 11.1. The van der Waals surface area contributed by atoms with E-state index in [1.54, 1.807) is 31.2 Å². The average Bonchev–Trinajstić information content (AvgIpc) is 2.72. The van der Waals surface area contributed by atoms with Crippen LogP contribution in [0, 0.1) is 0 Å². The first-order valence-corrected chi connectivity index (χ1v) is 5.36. The van der Waals surface area contributed by atoms with Gasteiger partial charge in [0.2, 0.25) is 0 Å². The maximum Gasteiger partial charge on any atom is 0.169 e. The van der Waals surface area contributed by atoms with E-state index in [4.69, 9.17) is 5.11 Å². The molecule has 3 heteroatoms. The molecule has 2 aromatic rings.